The fraction of sp³-hybridized carbons (Fsp3) is 0.800. The maximum atomic E-state index is 5.85. The molecule has 114 valence electrons. The molecule has 1 aliphatic heterocycles. The van der Waals surface area contributed by atoms with Crippen LogP contribution in [0.4, 0.5) is 5.13 Å². The van der Waals surface area contributed by atoms with Gasteiger partial charge in [0, 0.05) is 31.1 Å². The highest BCUT2D eigenvalue weighted by Gasteiger charge is 2.22. The Hall–Kier alpha value is -0.650. The molecule has 2 heterocycles. The van der Waals surface area contributed by atoms with E-state index in [9.17, 15) is 0 Å². The van der Waals surface area contributed by atoms with E-state index in [0.717, 1.165) is 31.8 Å². The summed E-state index contributed by atoms with van der Waals surface area (Å²) in [6.07, 6.45) is 4.75. The van der Waals surface area contributed by atoms with Crippen molar-refractivity contribution in [2.24, 2.45) is 11.7 Å². The lowest BCUT2D eigenvalue weighted by molar-refractivity contribution is 0.285. The standard InChI is InChI=1S/C15H28N4S/c1-4-5-13-14(10-16)20-15(17-13)19-8-6-12(7-9-19)11-18(2)3/h12H,4-11,16H2,1-3H3. The lowest BCUT2D eigenvalue weighted by Crippen LogP contribution is -2.37. The molecule has 0 spiro atoms. The number of hydrogen-bond donors (Lipinski definition) is 1. The molecule has 0 atom stereocenters. The molecule has 0 radical (unpaired) electrons. The molecular weight excluding hydrogens is 268 g/mol. The first-order chi connectivity index (χ1) is 9.63. The Kier molecular flexibility index (Phi) is 5.81. The van der Waals surface area contributed by atoms with Crippen molar-refractivity contribution < 1.29 is 0 Å². The van der Waals surface area contributed by atoms with Crippen LogP contribution in [0.1, 0.15) is 36.8 Å². The Labute approximate surface area is 127 Å². The van der Waals surface area contributed by atoms with Crippen molar-refractivity contribution in [2.75, 3.05) is 38.6 Å². The molecule has 1 aliphatic rings. The van der Waals surface area contributed by atoms with Crippen LogP contribution in [0.3, 0.4) is 0 Å². The van der Waals surface area contributed by atoms with Gasteiger partial charge in [0.2, 0.25) is 0 Å². The number of aryl methyl sites for hydroxylation is 1. The van der Waals surface area contributed by atoms with E-state index < -0.39 is 0 Å². The van der Waals surface area contributed by atoms with Crippen LogP contribution in [-0.4, -0.2) is 43.6 Å². The van der Waals surface area contributed by atoms with Crippen molar-refractivity contribution in [3.05, 3.63) is 10.6 Å². The van der Waals surface area contributed by atoms with Crippen LogP contribution in [0.5, 0.6) is 0 Å². The molecule has 0 bridgehead atoms. The first kappa shape index (κ1) is 15.7. The molecule has 1 aromatic heterocycles. The summed E-state index contributed by atoms with van der Waals surface area (Å²) in [6.45, 7) is 6.32. The number of anilines is 1. The second-order valence-corrected chi connectivity index (χ2v) is 7.08. The molecule has 0 unspecified atom stereocenters. The SMILES string of the molecule is CCCc1nc(N2CCC(CN(C)C)CC2)sc1CN. The molecule has 20 heavy (non-hydrogen) atoms. The number of aromatic nitrogens is 1. The third-order valence-electron chi connectivity index (χ3n) is 3.95. The van der Waals surface area contributed by atoms with Gasteiger partial charge in [-0.1, -0.05) is 13.3 Å². The summed E-state index contributed by atoms with van der Waals surface area (Å²) in [5.74, 6) is 0.838. The van der Waals surface area contributed by atoms with Crippen LogP contribution in [0.25, 0.3) is 0 Å². The van der Waals surface area contributed by atoms with Crippen LogP contribution in [0.2, 0.25) is 0 Å². The summed E-state index contributed by atoms with van der Waals surface area (Å²) in [6, 6.07) is 0. The maximum absolute atomic E-state index is 5.85. The molecule has 2 rings (SSSR count). The number of nitrogens with zero attached hydrogens (tertiary/aromatic N) is 3. The molecule has 2 N–H and O–H groups in total. The highest BCUT2D eigenvalue weighted by molar-refractivity contribution is 7.15. The predicted molar refractivity (Wildman–Crippen MR) is 87.5 cm³/mol. The van der Waals surface area contributed by atoms with Crippen LogP contribution >= 0.6 is 11.3 Å². The first-order valence-corrected chi connectivity index (χ1v) is 8.54. The zero-order chi connectivity index (χ0) is 14.5. The first-order valence-electron chi connectivity index (χ1n) is 7.72. The maximum Gasteiger partial charge on any atom is 0.185 e. The van der Waals surface area contributed by atoms with E-state index in [4.69, 9.17) is 10.7 Å². The van der Waals surface area contributed by atoms with Gasteiger partial charge in [0.05, 0.1) is 5.69 Å². The molecule has 0 aromatic carbocycles. The molecule has 0 saturated carbocycles. The van der Waals surface area contributed by atoms with Gasteiger partial charge in [-0.15, -0.1) is 11.3 Å². The normalized spacial score (nSPS) is 17.1. The van der Waals surface area contributed by atoms with E-state index in [-0.39, 0.29) is 0 Å². The van der Waals surface area contributed by atoms with E-state index >= 15 is 0 Å². The van der Waals surface area contributed by atoms with Crippen molar-refractivity contribution in [3.63, 3.8) is 0 Å². The van der Waals surface area contributed by atoms with Gasteiger partial charge in [-0.25, -0.2) is 4.98 Å². The Bertz CT molecular complexity index is 408. The highest BCUT2D eigenvalue weighted by atomic mass is 32.1. The third kappa shape index (κ3) is 3.93. The van der Waals surface area contributed by atoms with E-state index in [1.165, 1.54) is 35.1 Å². The fourth-order valence-corrected chi connectivity index (χ4v) is 3.96. The van der Waals surface area contributed by atoms with E-state index in [0.29, 0.717) is 6.54 Å². The van der Waals surface area contributed by atoms with Gasteiger partial charge in [-0.3, -0.25) is 0 Å². The zero-order valence-electron chi connectivity index (χ0n) is 13.1. The lowest BCUT2D eigenvalue weighted by Gasteiger charge is -2.33. The number of piperidine rings is 1. The summed E-state index contributed by atoms with van der Waals surface area (Å²) >= 11 is 1.80. The second-order valence-electron chi connectivity index (χ2n) is 6.01. The molecule has 1 aromatic rings. The fourth-order valence-electron chi connectivity index (χ4n) is 2.92. The van der Waals surface area contributed by atoms with Crippen molar-refractivity contribution >= 4 is 16.5 Å². The Morgan fingerprint density at radius 1 is 1.35 bits per heavy atom. The molecular formula is C15H28N4S. The van der Waals surface area contributed by atoms with Crippen LogP contribution in [-0.2, 0) is 13.0 Å². The molecule has 0 amide bonds. The summed E-state index contributed by atoms with van der Waals surface area (Å²) in [5.41, 5.74) is 7.07. The minimum Gasteiger partial charge on any atom is -0.348 e. The Morgan fingerprint density at radius 3 is 2.60 bits per heavy atom. The van der Waals surface area contributed by atoms with Crippen molar-refractivity contribution in [1.29, 1.82) is 0 Å². The van der Waals surface area contributed by atoms with E-state index in [1.54, 1.807) is 11.3 Å². The summed E-state index contributed by atoms with van der Waals surface area (Å²) < 4.78 is 0. The summed E-state index contributed by atoms with van der Waals surface area (Å²) in [4.78, 5) is 10.9. The second kappa shape index (κ2) is 7.38. The molecule has 1 saturated heterocycles. The van der Waals surface area contributed by atoms with Gasteiger partial charge in [0.1, 0.15) is 0 Å². The smallest absolute Gasteiger partial charge is 0.185 e. The van der Waals surface area contributed by atoms with E-state index in [2.05, 4.69) is 30.8 Å². The van der Waals surface area contributed by atoms with Crippen LogP contribution in [0, 0.1) is 5.92 Å². The highest BCUT2D eigenvalue weighted by Crippen LogP contribution is 2.30. The van der Waals surface area contributed by atoms with Gasteiger partial charge < -0.3 is 15.5 Å². The third-order valence-corrected chi connectivity index (χ3v) is 5.13. The minimum atomic E-state index is 0.629. The minimum absolute atomic E-state index is 0.629. The predicted octanol–water partition coefficient (Wildman–Crippen LogP) is 2.33. The summed E-state index contributed by atoms with van der Waals surface area (Å²) in [5, 5.41) is 1.19. The van der Waals surface area contributed by atoms with Crippen LogP contribution in [0.15, 0.2) is 0 Å². The zero-order valence-corrected chi connectivity index (χ0v) is 13.9. The van der Waals surface area contributed by atoms with E-state index in [1.807, 2.05) is 0 Å². The summed E-state index contributed by atoms with van der Waals surface area (Å²) in [7, 11) is 4.33. The van der Waals surface area contributed by atoms with Gasteiger partial charge in [-0.2, -0.15) is 0 Å². The molecule has 1 fully saturated rings. The van der Waals surface area contributed by atoms with Crippen molar-refractivity contribution in [2.45, 2.75) is 39.2 Å². The number of thiazole rings is 1. The Morgan fingerprint density at radius 2 is 2.05 bits per heavy atom. The largest absolute Gasteiger partial charge is 0.348 e. The monoisotopic (exact) mass is 296 g/mol. The van der Waals surface area contributed by atoms with Gasteiger partial charge >= 0.3 is 0 Å². The lowest BCUT2D eigenvalue weighted by atomic mass is 9.97. The Balaban J connectivity index is 1.96. The average molecular weight is 296 g/mol. The number of rotatable bonds is 6. The molecule has 4 nitrogen and oxygen atoms in total. The van der Waals surface area contributed by atoms with Crippen LogP contribution < -0.4 is 10.6 Å². The topological polar surface area (TPSA) is 45.4 Å². The van der Waals surface area contributed by atoms with Crippen molar-refractivity contribution in [3.8, 4) is 0 Å². The van der Waals surface area contributed by atoms with Gasteiger partial charge in [0.25, 0.3) is 0 Å². The molecule has 5 heteroatoms. The quantitative estimate of drug-likeness (QED) is 0.875. The van der Waals surface area contributed by atoms with Gasteiger partial charge in [0.15, 0.2) is 5.13 Å². The average Bonchev–Trinajstić information content (AvgIpc) is 2.82. The number of nitrogens with two attached hydrogens (primary N) is 1. The van der Waals surface area contributed by atoms with Gasteiger partial charge in [-0.05, 0) is 39.3 Å². The molecule has 0 aliphatic carbocycles. The van der Waals surface area contributed by atoms with Crippen molar-refractivity contribution in [1.82, 2.24) is 9.88 Å². The number of hydrogen-bond acceptors (Lipinski definition) is 5.